The van der Waals surface area contributed by atoms with Gasteiger partial charge in [0.15, 0.2) is 15.6 Å². The Balaban J connectivity index is 3.70. The summed E-state index contributed by atoms with van der Waals surface area (Å²) in [6, 6.07) is 1.38. The van der Waals surface area contributed by atoms with Gasteiger partial charge in [0.2, 0.25) is 0 Å². The topological polar surface area (TPSA) is 118 Å². The summed E-state index contributed by atoms with van der Waals surface area (Å²) in [5.74, 6) is -3.08. The third kappa shape index (κ3) is 3.50. The SMILES string of the molecule is Cc1c(C(=O)[O-])ccc(S(C)(=O)=O)c1OS(=O)(=O)C(F)(F)F. The van der Waals surface area contributed by atoms with Gasteiger partial charge in [-0.25, -0.2) is 8.42 Å². The molecule has 0 radical (unpaired) electrons. The van der Waals surface area contributed by atoms with E-state index in [1.165, 1.54) is 0 Å². The predicted molar refractivity (Wildman–Crippen MR) is 64.2 cm³/mol. The molecule has 0 aromatic heterocycles. The van der Waals surface area contributed by atoms with Crippen LogP contribution in [0.3, 0.4) is 0 Å². The Morgan fingerprint density at radius 1 is 1.18 bits per heavy atom. The fraction of sp³-hybridized carbons (Fsp3) is 0.300. The first-order valence-corrected chi connectivity index (χ1v) is 8.54. The number of carbonyl (C=O) groups is 1. The molecule has 1 aromatic rings. The van der Waals surface area contributed by atoms with Crippen molar-refractivity contribution in [2.45, 2.75) is 17.3 Å². The van der Waals surface area contributed by atoms with Gasteiger partial charge in [-0.05, 0) is 13.0 Å². The Morgan fingerprint density at radius 2 is 1.68 bits per heavy atom. The molecule has 0 fully saturated rings. The van der Waals surface area contributed by atoms with Crippen molar-refractivity contribution in [3.63, 3.8) is 0 Å². The summed E-state index contributed by atoms with van der Waals surface area (Å²) in [4.78, 5) is 9.91. The molecule has 0 amide bonds. The van der Waals surface area contributed by atoms with Crippen LogP contribution in [0.25, 0.3) is 0 Å². The van der Waals surface area contributed by atoms with E-state index < -0.39 is 53.2 Å². The Labute approximate surface area is 123 Å². The number of sulfone groups is 1. The van der Waals surface area contributed by atoms with E-state index in [1.54, 1.807) is 0 Å². The van der Waals surface area contributed by atoms with E-state index in [0.717, 1.165) is 13.0 Å². The zero-order valence-electron chi connectivity index (χ0n) is 11.0. The van der Waals surface area contributed by atoms with Gasteiger partial charge >= 0.3 is 15.6 Å². The number of rotatable bonds is 4. The summed E-state index contributed by atoms with van der Waals surface area (Å²) in [6.45, 7) is 0.890. The Bertz CT molecular complexity index is 823. The minimum Gasteiger partial charge on any atom is -0.545 e. The van der Waals surface area contributed by atoms with Gasteiger partial charge in [0.05, 0.1) is 5.97 Å². The number of carboxylic acid groups (broad SMARTS) is 1. The zero-order valence-corrected chi connectivity index (χ0v) is 12.6. The molecule has 22 heavy (non-hydrogen) atoms. The van der Waals surface area contributed by atoms with Crippen molar-refractivity contribution in [2.24, 2.45) is 0 Å². The van der Waals surface area contributed by atoms with E-state index in [9.17, 15) is 39.9 Å². The van der Waals surface area contributed by atoms with Crippen LogP contribution in [-0.4, -0.2) is 34.6 Å². The highest BCUT2D eigenvalue weighted by molar-refractivity contribution is 7.91. The largest absolute Gasteiger partial charge is 0.545 e. The quantitative estimate of drug-likeness (QED) is 0.547. The lowest BCUT2D eigenvalue weighted by atomic mass is 10.1. The highest BCUT2D eigenvalue weighted by atomic mass is 32.2. The highest BCUT2D eigenvalue weighted by Gasteiger charge is 2.49. The summed E-state index contributed by atoms with van der Waals surface area (Å²) in [5, 5.41) is 10.8. The fourth-order valence-corrected chi connectivity index (χ4v) is 2.87. The van der Waals surface area contributed by atoms with Gasteiger partial charge in [0, 0.05) is 17.4 Å². The summed E-state index contributed by atoms with van der Waals surface area (Å²) in [5.41, 5.74) is -7.15. The lowest BCUT2D eigenvalue weighted by Crippen LogP contribution is -2.29. The van der Waals surface area contributed by atoms with Gasteiger partial charge in [-0.2, -0.15) is 21.6 Å². The molecule has 0 saturated carbocycles. The van der Waals surface area contributed by atoms with E-state index in [0.29, 0.717) is 12.3 Å². The average molecular weight is 361 g/mol. The number of carbonyl (C=O) groups excluding carboxylic acids is 1. The van der Waals surface area contributed by atoms with Crippen molar-refractivity contribution >= 4 is 25.9 Å². The molecule has 0 atom stereocenters. The molecule has 0 saturated heterocycles. The highest BCUT2D eigenvalue weighted by Crippen LogP contribution is 2.35. The monoisotopic (exact) mass is 361 g/mol. The lowest BCUT2D eigenvalue weighted by molar-refractivity contribution is -0.255. The number of aromatic carboxylic acids is 1. The van der Waals surface area contributed by atoms with Gasteiger partial charge in [-0.3, -0.25) is 0 Å². The van der Waals surface area contributed by atoms with Crippen LogP contribution in [0.1, 0.15) is 15.9 Å². The third-order valence-electron chi connectivity index (χ3n) is 2.47. The predicted octanol–water partition coefficient (Wildman–Crippen LogP) is -0.00958. The van der Waals surface area contributed by atoms with Crippen LogP contribution in [0.4, 0.5) is 13.2 Å². The third-order valence-corrected chi connectivity index (χ3v) is 4.54. The van der Waals surface area contributed by atoms with Crippen LogP contribution in [-0.2, 0) is 20.0 Å². The summed E-state index contributed by atoms with van der Waals surface area (Å²) >= 11 is 0. The second kappa shape index (κ2) is 5.43. The van der Waals surface area contributed by atoms with E-state index in [-0.39, 0.29) is 0 Å². The summed E-state index contributed by atoms with van der Waals surface area (Å²) in [7, 11) is -10.4. The molecule has 0 aliphatic rings. The zero-order chi connectivity index (χ0) is 17.5. The number of halogens is 3. The van der Waals surface area contributed by atoms with E-state index in [1.807, 2.05) is 0 Å². The van der Waals surface area contributed by atoms with Crippen LogP contribution in [0.15, 0.2) is 17.0 Å². The van der Waals surface area contributed by atoms with Crippen molar-refractivity contribution in [2.75, 3.05) is 6.26 Å². The molecule has 0 N–H and O–H groups in total. The molecular weight excluding hydrogens is 353 g/mol. The summed E-state index contributed by atoms with van der Waals surface area (Å²) < 4.78 is 85.9. The van der Waals surface area contributed by atoms with E-state index in [4.69, 9.17) is 0 Å². The second-order valence-electron chi connectivity index (χ2n) is 4.11. The van der Waals surface area contributed by atoms with Gasteiger partial charge < -0.3 is 14.1 Å². The number of alkyl halides is 3. The number of hydrogen-bond acceptors (Lipinski definition) is 7. The molecule has 12 heteroatoms. The maximum Gasteiger partial charge on any atom is 0.534 e. The Kier molecular flexibility index (Phi) is 4.50. The maximum absolute atomic E-state index is 12.3. The van der Waals surface area contributed by atoms with Gasteiger partial charge in [-0.15, -0.1) is 0 Å². The van der Waals surface area contributed by atoms with Crippen LogP contribution < -0.4 is 9.29 Å². The first-order valence-electron chi connectivity index (χ1n) is 5.24. The van der Waals surface area contributed by atoms with Crippen molar-refractivity contribution in [3.8, 4) is 5.75 Å². The minimum atomic E-state index is -6.18. The van der Waals surface area contributed by atoms with Crippen LogP contribution in [0.2, 0.25) is 0 Å². The molecule has 7 nitrogen and oxygen atoms in total. The Morgan fingerprint density at radius 3 is 2.05 bits per heavy atom. The first kappa shape index (κ1) is 18.2. The fourth-order valence-electron chi connectivity index (χ4n) is 1.44. The van der Waals surface area contributed by atoms with Crippen LogP contribution in [0.5, 0.6) is 5.75 Å². The molecule has 0 bridgehead atoms. The molecule has 124 valence electrons. The molecule has 0 unspecified atom stereocenters. The van der Waals surface area contributed by atoms with E-state index in [2.05, 4.69) is 4.18 Å². The number of carboxylic acids is 1. The normalized spacial score (nSPS) is 13.0. The minimum absolute atomic E-state index is 0.591. The van der Waals surface area contributed by atoms with Gasteiger partial charge in [-0.1, -0.05) is 6.07 Å². The summed E-state index contributed by atoms with van der Waals surface area (Å²) in [6.07, 6.45) is 0.591. The van der Waals surface area contributed by atoms with Gasteiger partial charge in [0.25, 0.3) is 0 Å². The van der Waals surface area contributed by atoms with Crippen molar-refractivity contribution in [1.82, 2.24) is 0 Å². The molecular formula is C10H8F3O7S2-. The number of benzene rings is 1. The molecule has 1 rings (SSSR count). The molecule has 0 heterocycles. The van der Waals surface area contributed by atoms with Crippen LogP contribution in [0, 0.1) is 6.92 Å². The smallest absolute Gasteiger partial charge is 0.534 e. The standard InChI is InChI=1S/C10H9F3O7S2/c1-5-6(9(14)15)3-4-7(21(2,16)17)8(5)20-22(18,19)10(11,12)13/h3-4H,1-2H3,(H,14,15)/p-1. The Hall–Kier alpha value is -1.82. The molecule has 0 aliphatic heterocycles. The van der Waals surface area contributed by atoms with Gasteiger partial charge in [0.1, 0.15) is 4.90 Å². The van der Waals surface area contributed by atoms with E-state index >= 15 is 0 Å². The average Bonchev–Trinajstić information content (AvgIpc) is 2.27. The van der Waals surface area contributed by atoms with Crippen molar-refractivity contribution in [1.29, 1.82) is 0 Å². The lowest BCUT2D eigenvalue weighted by Gasteiger charge is -2.17. The molecule has 0 aliphatic carbocycles. The molecule has 1 aromatic carbocycles. The second-order valence-corrected chi connectivity index (χ2v) is 7.63. The van der Waals surface area contributed by atoms with Crippen LogP contribution >= 0.6 is 0 Å². The number of hydrogen-bond donors (Lipinski definition) is 0. The first-order chi connectivity index (χ1) is 9.68. The molecule has 0 spiro atoms. The van der Waals surface area contributed by atoms with Crippen molar-refractivity contribution < 1.29 is 44.1 Å². The maximum atomic E-state index is 12.3. The van der Waals surface area contributed by atoms with Crippen molar-refractivity contribution in [3.05, 3.63) is 23.3 Å².